The Morgan fingerprint density at radius 2 is 1.61 bits per heavy atom. The van der Waals surface area contributed by atoms with Gasteiger partial charge in [-0.15, -0.1) is 0 Å². The molecule has 0 radical (unpaired) electrons. The van der Waals surface area contributed by atoms with Gasteiger partial charge in [-0.3, -0.25) is 24.0 Å². The number of anilines is 2. The molecule has 1 fully saturated rings. The van der Waals surface area contributed by atoms with Crippen molar-refractivity contribution in [3.8, 4) is 34.2 Å². The summed E-state index contributed by atoms with van der Waals surface area (Å²) >= 11 is 0. The molecule has 12 heteroatoms. The van der Waals surface area contributed by atoms with Crippen molar-refractivity contribution in [2.24, 2.45) is 0 Å². The first kappa shape index (κ1) is 30.5. The Balaban J connectivity index is 0.00000182. The second kappa shape index (κ2) is 12.9. The van der Waals surface area contributed by atoms with Gasteiger partial charge in [-0.1, -0.05) is 26.0 Å². The van der Waals surface area contributed by atoms with Crippen molar-refractivity contribution >= 4 is 22.7 Å². The van der Waals surface area contributed by atoms with Crippen molar-refractivity contribution in [3.63, 3.8) is 0 Å². The number of hydrogen-bond donors (Lipinski definition) is 1. The minimum atomic E-state index is -0.552. The summed E-state index contributed by atoms with van der Waals surface area (Å²) < 4.78 is 20.6. The summed E-state index contributed by atoms with van der Waals surface area (Å²) in [6, 6.07) is 18.5. The standard InChI is InChI=1S/C32H27FN8O3.C2H6/c1-44-29-26(27(42)28(29)43)40-15-13-39(14-16-40)18-19-4-7-21(8-5-19)41-31(22-3-2-12-35-30(22)34)38-25-11-10-24(37-32(25)41)23-9-6-20(33)17-36-23;1-2/h2-12,17H,13-16,18H2,1H3,(H2,34,35);1-2H3. The number of aromatic nitrogens is 5. The summed E-state index contributed by atoms with van der Waals surface area (Å²) in [6.07, 6.45) is 2.80. The highest BCUT2D eigenvalue weighted by Gasteiger charge is 2.29. The zero-order chi connectivity index (χ0) is 32.4. The van der Waals surface area contributed by atoms with E-state index in [0.29, 0.717) is 58.5 Å². The number of fused-ring (bicyclic) bond motifs is 1. The van der Waals surface area contributed by atoms with Gasteiger partial charge in [0.25, 0.3) is 10.9 Å². The molecule has 4 aromatic heterocycles. The molecule has 7 rings (SSSR count). The van der Waals surface area contributed by atoms with Crippen molar-refractivity contribution in [2.75, 3.05) is 43.9 Å². The zero-order valence-corrected chi connectivity index (χ0v) is 25.8. The van der Waals surface area contributed by atoms with Crippen molar-refractivity contribution in [1.29, 1.82) is 0 Å². The predicted molar refractivity (Wildman–Crippen MR) is 176 cm³/mol. The number of nitrogens with two attached hydrogens (primary N) is 1. The van der Waals surface area contributed by atoms with Gasteiger partial charge in [-0.25, -0.2) is 19.3 Å². The smallest absolute Gasteiger partial charge is 0.272 e. The van der Waals surface area contributed by atoms with Gasteiger partial charge in [0.15, 0.2) is 17.2 Å². The third-order valence-corrected chi connectivity index (χ3v) is 7.91. The van der Waals surface area contributed by atoms with E-state index in [0.717, 1.165) is 30.9 Å². The molecule has 0 saturated carbocycles. The maximum Gasteiger partial charge on any atom is 0.272 e. The average Bonchev–Trinajstić information content (AvgIpc) is 3.47. The average molecular weight is 621 g/mol. The number of hydrogen-bond acceptors (Lipinski definition) is 10. The highest BCUT2D eigenvalue weighted by atomic mass is 19.1. The highest BCUT2D eigenvalue weighted by molar-refractivity contribution is 5.84. The van der Waals surface area contributed by atoms with Crippen LogP contribution in [0.5, 0.6) is 5.75 Å². The first-order chi connectivity index (χ1) is 22.4. The maximum atomic E-state index is 13.5. The Labute approximate surface area is 264 Å². The second-order valence-electron chi connectivity index (χ2n) is 10.6. The van der Waals surface area contributed by atoms with Crippen LogP contribution in [0.2, 0.25) is 0 Å². The Morgan fingerprint density at radius 3 is 2.28 bits per heavy atom. The van der Waals surface area contributed by atoms with Crippen LogP contribution in [-0.4, -0.2) is 62.7 Å². The minimum Gasteiger partial charge on any atom is -0.491 e. The van der Waals surface area contributed by atoms with Crippen LogP contribution in [-0.2, 0) is 6.54 Å². The van der Waals surface area contributed by atoms with Gasteiger partial charge in [-0.2, -0.15) is 0 Å². The van der Waals surface area contributed by atoms with Gasteiger partial charge in [0, 0.05) is 44.6 Å². The van der Waals surface area contributed by atoms with Gasteiger partial charge in [-0.05, 0) is 54.1 Å². The van der Waals surface area contributed by atoms with E-state index in [4.69, 9.17) is 20.4 Å². The van der Waals surface area contributed by atoms with Gasteiger partial charge in [0.05, 0.1) is 30.3 Å². The van der Waals surface area contributed by atoms with Gasteiger partial charge in [0.2, 0.25) is 0 Å². The summed E-state index contributed by atoms with van der Waals surface area (Å²) in [6.45, 7) is 7.47. The van der Waals surface area contributed by atoms with Crippen molar-refractivity contribution < 1.29 is 9.13 Å². The second-order valence-corrected chi connectivity index (χ2v) is 10.6. The minimum absolute atomic E-state index is 0.161. The van der Waals surface area contributed by atoms with E-state index < -0.39 is 16.7 Å². The predicted octanol–water partition coefficient (Wildman–Crippen LogP) is 4.22. The lowest BCUT2D eigenvalue weighted by Crippen LogP contribution is -2.50. The lowest BCUT2D eigenvalue weighted by molar-refractivity contribution is 0.248. The van der Waals surface area contributed by atoms with Crippen LogP contribution in [0.1, 0.15) is 19.4 Å². The first-order valence-corrected chi connectivity index (χ1v) is 15.1. The lowest BCUT2D eigenvalue weighted by Gasteiger charge is -2.36. The molecule has 234 valence electrons. The maximum absolute atomic E-state index is 13.5. The fourth-order valence-electron chi connectivity index (χ4n) is 5.63. The Bertz CT molecular complexity index is 2060. The van der Waals surface area contributed by atoms with E-state index in [1.54, 1.807) is 12.3 Å². The van der Waals surface area contributed by atoms with E-state index in [1.807, 2.05) is 59.7 Å². The van der Waals surface area contributed by atoms with Gasteiger partial charge < -0.3 is 15.4 Å². The Kier molecular flexibility index (Phi) is 8.53. The van der Waals surface area contributed by atoms with Crippen LogP contribution in [0.4, 0.5) is 15.9 Å². The largest absolute Gasteiger partial charge is 0.491 e. The monoisotopic (exact) mass is 620 g/mol. The van der Waals surface area contributed by atoms with Crippen LogP contribution < -0.4 is 26.2 Å². The normalized spacial score (nSPS) is 13.5. The third-order valence-electron chi connectivity index (χ3n) is 7.91. The molecule has 0 aliphatic carbocycles. The van der Waals surface area contributed by atoms with Crippen molar-refractivity contribution in [3.05, 3.63) is 105 Å². The molecule has 11 nitrogen and oxygen atoms in total. The number of piperazine rings is 1. The SMILES string of the molecule is CC.COc1c(N2CCN(Cc3ccc(-n4c(-c5cccnc5N)nc5ccc(-c6ccc(F)cn6)nc54)cc3)CC2)c(=O)c1=O. The van der Waals surface area contributed by atoms with Gasteiger partial charge >= 0.3 is 0 Å². The molecule has 6 aromatic rings. The van der Waals surface area contributed by atoms with Crippen LogP contribution >= 0.6 is 0 Å². The number of ether oxygens (including phenoxy) is 1. The fraction of sp³-hybridized carbons (Fsp3) is 0.235. The molecule has 2 N–H and O–H groups in total. The first-order valence-electron chi connectivity index (χ1n) is 15.1. The fourth-order valence-corrected chi connectivity index (χ4v) is 5.63. The van der Waals surface area contributed by atoms with Crippen LogP contribution in [0.3, 0.4) is 0 Å². The quantitative estimate of drug-likeness (QED) is 0.259. The molecule has 0 bridgehead atoms. The third kappa shape index (κ3) is 5.58. The molecule has 0 unspecified atom stereocenters. The van der Waals surface area contributed by atoms with E-state index in [1.165, 1.54) is 19.4 Å². The molecule has 1 saturated heterocycles. The van der Waals surface area contributed by atoms with E-state index in [-0.39, 0.29) is 5.75 Å². The molecule has 1 aliphatic rings. The number of imidazole rings is 1. The molecule has 46 heavy (non-hydrogen) atoms. The van der Waals surface area contributed by atoms with Crippen LogP contribution in [0.15, 0.2) is 82.6 Å². The summed E-state index contributed by atoms with van der Waals surface area (Å²) in [5.74, 6) is 0.689. The molecular formula is C34H33FN8O3. The molecule has 5 heterocycles. The topological polar surface area (TPSA) is 132 Å². The van der Waals surface area contributed by atoms with Crippen molar-refractivity contribution in [2.45, 2.75) is 20.4 Å². The number of halogens is 1. The number of methoxy groups -OCH3 is 1. The van der Waals surface area contributed by atoms with E-state index in [2.05, 4.69) is 27.0 Å². The molecule has 2 aromatic carbocycles. The van der Waals surface area contributed by atoms with Crippen LogP contribution in [0, 0.1) is 5.82 Å². The van der Waals surface area contributed by atoms with E-state index in [9.17, 15) is 14.0 Å². The lowest BCUT2D eigenvalue weighted by atomic mass is 10.1. The Hall–Kier alpha value is -5.49. The molecule has 0 spiro atoms. The number of nitrogen functional groups attached to an aromatic ring is 1. The number of benzene rings is 1. The van der Waals surface area contributed by atoms with E-state index >= 15 is 0 Å². The zero-order valence-electron chi connectivity index (χ0n) is 25.8. The highest BCUT2D eigenvalue weighted by Crippen LogP contribution is 2.32. The molecule has 0 atom stereocenters. The molecule has 0 amide bonds. The number of rotatable bonds is 7. The Morgan fingerprint density at radius 1 is 0.870 bits per heavy atom. The summed E-state index contributed by atoms with van der Waals surface area (Å²) in [5.41, 5.74) is 10.7. The summed E-state index contributed by atoms with van der Waals surface area (Å²) in [4.78, 5) is 46.3. The number of nitrogens with zero attached hydrogens (tertiary/aromatic N) is 7. The summed E-state index contributed by atoms with van der Waals surface area (Å²) in [7, 11) is 1.42. The van der Waals surface area contributed by atoms with Gasteiger partial charge in [0.1, 0.15) is 22.8 Å². The number of pyridine rings is 3. The summed E-state index contributed by atoms with van der Waals surface area (Å²) in [5, 5.41) is 0. The van der Waals surface area contributed by atoms with Crippen LogP contribution in [0.25, 0.3) is 39.6 Å². The molecule has 1 aliphatic heterocycles. The molecular weight excluding hydrogens is 587 g/mol. The van der Waals surface area contributed by atoms with Crippen molar-refractivity contribution in [1.82, 2.24) is 29.4 Å².